The summed E-state index contributed by atoms with van der Waals surface area (Å²) in [5, 5.41) is 6.92. The van der Waals surface area contributed by atoms with Gasteiger partial charge in [0, 0.05) is 34.7 Å². The summed E-state index contributed by atoms with van der Waals surface area (Å²) < 4.78 is 1.01. The molecular formula is C18H20BrClN2O. The molecule has 23 heavy (non-hydrogen) atoms. The molecule has 5 heteroatoms. The van der Waals surface area contributed by atoms with E-state index in [1.807, 2.05) is 43.3 Å². The van der Waals surface area contributed by atoms with Gasteiger partial charge in [0.15, 0.2) is 0 Å². The third-order valence-corrected chi connectivity index (χ3v) is 4.35. The fourth-order valence-corrected chi connectivity index (χ4v) is 2.92. The number of rotatable bonds is 7. The lowest BCUT2D eigenvalue weighted by molar-refractivity contribution is -0.120. The number of carbonyl (C=O) groups is 1. The molecule has 2 aromatic rings. The molecule has 1 amide bonds. The molecular weight excluding hydrogens is 376 g/mol. The van der Waals surface area contributed by atoms with E-state index in [0.29, 0.717) is 19.5 Å². The number of aryl methyl sites for hydroxylation is 1. The van der Waals surface area contributed by atoms with Crippen LogP contribution in [0, 0.1) is 6.92 Å². The topological polar surface area (TPSA) is 41.1 Å². The predicted octanol–water partition coefficient (Wildman–Crippen LogP) is 4.57. The van der Waals surface area contributed by atoms with Gasteiger partial charge in [-0.3, -0.25) is 4.79 Å². The van der Waals surface area contributed by atoms with Crippen LogP contribution in [0.5, 0.6) is 0 Å². The summed E-state index contributed by atoms with van der Waals surface area (Å²) in [6, 6.07) is 13.8. The van der Waals surface area contributed by atoms with Crippen molar-refractivity contribution in [3.8, 4) is 0 Å². The van der Waals surface area contributed by atoms with E-state index in [0.717, 1.165) is 27.2 Å². The number of carbonyl (C=O) groups excluding carboxylic acids is 1. The molecule has 0 saturated heterocycles. The highest BCUT2D eigenvalue weighted by Gasteiger charge is 2.03. The van der Waals surface area contributed by atoms with E-state index in [1.54, 1.807) is 0 Å². The van der Waals surface area contributed by atoms with Crippen LogP contribution in [-0.2, 0) is 11.2 Å². The number of anilines is 1. The lowest BCUT2D eigenvalue weighted by atomic mass is 10.1. The third kappa shape index (κ3) is 6.24. The predicted molar refractivity (Wildman–Crippen MR) is 100 cm³/mol. The minimum absolute atomic E-state index is 0.0506. The lowest BCUT2D eigenvalue weighted by Crippen LogP contribution is -2.27. The number of benzene rings is 2. The molecule has 0 unspecified atom stereocenters. The molecule has 0 fully saturated rings. The van der Waals surface area contributed by atoms with Gasteiger partial charge in [0.1, 0.15) is 0 Å². The van der Waals surface area contributed by atoms with Crippen LogP contribution in [-0.4, -0.2) is 19.0 Å². The van der Waals surface area contributed by atoms with Gasteiger partial charge in [-0.25, -0.2) is 0 Å². The van der Waals surface area contributed by atoms with Crippen molar-refractivity contribution in [3.63, 3.8) is 0 Å². The third-order valence-electron chi connectivity index (χ3n) is 3.44. The first-order valence-electron chi connectivity index (χ1n) is 7.56. The van der Waals surface area contributed by atoms with Crippen LogP contribution in [0.2, 0.25) is 5.02 Å². The van der Waals surface area contributed by atoms with Gasteiger partial charge in [0.25, 0.3) is 0 Å². The van der Waals surface area contributed by atoms with Gasteiger partial charge in [0.2, 0.25) is 5.91 Å². The Morgan fingerprint density at radius 3 is 2.57 bits per heavy atom. The first kappa shape index (κ1) is 17.8. The second-order valence-corrected chi connectivity index (χ2v) is 6.68. The second-order valence-electron chi connectivity index (χ2n) is 5.39. The first-order valence-corrected chi connectivity index (χ1v) is 8.73. The maximum Gasteiger partial charge on any atom is 0.221 e. The summed E-state index contributed by atoms with van der Waals surface area (Å²) in [6.07, 6.45) is 1.25. The van der Waals surface area contributed by atoms with Crippen LogP contribution >= 0.6 is 27.5 Å². The minimum Gasteiger partial charge on any atom is -0.384 e. The smallest absolute Gasteiger partial charge is 0.221 e. The van der Waals surface area contributed by atoms with E-state index in [2.05, 4.69) is 32.6 Å². The van der Waals surface area contributed by atoms with E-state index >= 15 is 0 Å². The van der Waals surface area contributed by atoms with Crippen molar-refractivity contribution in [3.05, 3.63) is 63.1 Å². The molecule has 0 aliphatic rings. The average molecular weight is 396 g/mol. The number of amides is 1. The molecule has 3 nitrogen and oxygen atoms in total. The molecule has 0 atom stereocenters. The highest BCUT2D eigenvalue weighted by atomic mass is 79.9. The molecule has 0 spiro atoms. The Balaban J connectivity index is 1.66. The Labute approximate surface area is 150 Å². The van der Waals surface area contributed by atoms with Gasteiger partial charge in [-0.15, -0.1) is 0 Å². The van der Waals surface area contributed by atoms with Crippen LogP contribution in [0.1, 0.15) is 17.5 Å². The first-order chi connectivity index (χ1) is 11.0. The fourth-order valence-electron chi connectivity index (χ4n) is 2.16. The van der Waals surface area contributed by atoms with Crippen molar-refractivity contribution >= 4 is 39.1 Å². The van der Waals surface area contributed by atoms with E-state index in [-0.39, 0.29) is 5.91 Å². The van der Waals surface area contributed by atoms with Gasteiger partial charge in [-0.2, -0.15) is 0 Å². The molecule has 2 N–H and O–H groups in total. The van der Waals surface area contributed by atoms with Crippen molar-refractivity contribution < 1.29 is 4.79 Å². The Morgan fingerprint density at radius 1 is 1.13 bits per heavy atom. The average Bonchev–Trinajstić information content (AvgIpc) is 2.51. The van der Waals surface area contributed by atoms with E-state index in [1.165, 1.54) is 5.56 Å². The Morgan fingerprint density at radius 2 is 1.87 bits per heavy atom. The summed E-state index contributed by atoms with van der Waals surface area (Å²) in [4.78, 5) is 11.8. The van der Waals surface area contributed by atoms with E-state index < -0.39 is 0 Å². The Kier molecular flexibility index (Phi) is 6.93. The van der Waals surface area contributed by atoms with Crippen molar-refractivity contribution in [2.24, 2.45) is 0 Å². The molecule has 2 rings (SSSR count). The summed E-state index contributed by atoms with van der Waals surface area (Å²) in [7, 11) is 0. The highest BCUT2D eigenvalue weighted by Crippen LogP contribution is 2.23. The number of halogens is 2. The van der Waals surface area contributed by atoms with Crippen molar-refractivity contribution in [2.45, 2.75) is 19.8 Å². The second kappa shape index (κ2) is 8.94. The highest BCUT2D eigenvalue weighted by molar-refractivity contribution is 9.10. The maximum absolute atomic E-state index is 11.8. The van der Waals surface area contributed by atoms with Gasteiger partial charge < -0.3 is 10.6 Å². The molecule has 0 aromatic heterocycles. The summed E-state index contributed by atoms with van der Waals surface area (Å²) >= 11 is 9.36. The van der Waals surface area contributed by atoms with Gasteiger partial charge in [-0.1, -0.05) is 29.8 Å². The molecule has 2 aromatic carbocycles. The van der Waals surface area contributed by atoms with Crippen molar-refractivity contribution in [1.82, 2.24) is 5.32 Å². The molecule has 0 aliphatic carbocycles. The standard InChI is InChI=1S/C18H20BrClN2O/c1-13-2-7-17(16(19)12-13)21-11-9-18(23)22-10-8-14-3-5-15(20)6-4-14/h2-7,12,21H,8-11H2,1H3,(H,22,23). The minimum atomic E-state index is 0.0506. The van der Waals surface area contributed by atoms with Gasteiger partial charge in [0.05, 0.1) is 0 Å². The molecule has 0 aliphatic heterocycles. The van der Waals surface area contributed by atoms with Crippen LogP contribution in [0.3, 0.4) is 0 Å². The molecule has 0 bridgehead atoms. The van der Waals surface area contributed by atoms with Crippen molar-refractivity contribution in [1.29, 1.82) is 0 Å². The lowest BCUT2D eigenvalue weighted by Gasteiger charge is -2.10. The SMILES string of the molecule is Cc1ccc(NCCC(=O)NCCc2ccc(Cl)cc2)c(Br)c1. The van der Waals surface area contributed by atoms with Gasteiger partial charge >= 0.3 is 0 Å². The maximum atomic E-state index is 11.8. The summed E-state index contributed by atoms with van der Waals surface area (Å²) in [6.45, 7) is 3.28. The van der Waals surface area contributed by atoms with Crippen molar-refractivity contribution in [2.75, 3.05) is 18.4 Å². The molecule has 0 heterocycles. The summed E-state index contributed by atoms with van der Waals surface area (Å²) in [5.74, 6) is 0.0506. The monoisotopic (exact) mass is 394 g/mol. The molecule has 0 radical (unpaired) electrons. The van der Waals surface area contributed by atoms with Gasteiger partial charge in [-0.05, 0) is 64.7 Å². The molecule has 122 valence electrons. The number of nitrogens with one attached hydrogen (secondary N) is 2. The Bertz CT molecular complexity index is 659. The number of hydrogen-bond donors (Lipinski definition) is 2. The largest absolute Gasteiger partial charge is 0.384 e. The quantitative estimate of drug-likeness (QED) is 0.721. The summed E-state index contributed by atoms with van der Waals surface area (Å²) in [5.41, 5.74) is 3.36. The fraction of sp³-hybridized carbons (Fsp3) is 0.278. The Hall–Kier alpha value is -1.52. The zero-order valence-corrected chi connectivity index (χ0v) is 15.4. The van der Waals surface area contributed by atoms with Crippen LogP contribution in [0.4, 0.5) is 5.69 Å². The van der Waals surface area contributed by atoms with Crippen LogP contribution < -0.4 is 10.6 Å². The van der Waals surface area contributed by atoms with E-state index in [9.17, 15) is 4.79 Å². The van der Waals surface area contributed by atoms with Crippen LogP contribution in [0.25, 0.3) is 0 Å². The van der Waals surface area contributed by atoms with Crippen LogP contribution in [0.15, 0.2) is 46.9 Å². The normalized spacial score (nSPS) is 10.4. The number of hydrogen-bond acceptors (Lipinski definition) is 2. The zero-order chi connectivity index (χ0) is 16.7. The zero-order valence-electron chi connectivity index (χ0n) is 13.0. The molecule has 0 saturated carbocycles. The van der Waals surface area contributed by atoms with E-state index in [4.69, 9.17) is 11.6 Å².